The number of carbonyl (C=O) groups excluding carboxylic acids is 2. The molecule has 0 atom stereocenters. The third kappa shape index (κ3) is 5.72. The second-order valence-electron chi connectivity index (χ2n) is 4.72. The Morgan fingerprint density at radius 2 is 1.00 bits per heavy atom. The summed E-state index contributed by atoms with van der Waals surface area (Å²) in [5, 5.41) is -0.127. The summed E-state index contributed by atoms with van der Waals surface area (Å²) in [6, 6.07) is 15.5. The molecule has 0 heterocycles. The van der Waals surface area contributed by atoms with Crippen molar-refractivity contribution >= 4 is 45.9 Å². The van der Waals surface area contributed by atoms with Crippen molar-refractivity contribution in [2.24, 2.45) is 0 Å². The normalized spacial score (nSPS) is 10.5. The SMILES string of the molecule is C=CC(=O)Sc1ccc(C=Cc2ccc(SC(=O)C=C)cc2)cc1. The molecule has 0 unspecified atom stereocenters. The van der Waals surface area contributed by atoms with Gasteiger partial charge in [0.2, 0.25) is 10.2 Å². The molecule has 0 aromatic heterocycles. The van der Waals surface area contributed by atoms with Crippen LogP contribution in [0.25, 0.3) is 12.2 Å². The van der Waals surface area contributed by atoms with Crippen LogP contribution in [0.1, 0.15) is 11.1 Å². The molecule has 24 heavy (non-hydrogen) atoms. The molecule has 2 rings (SSSR count). The summed E-state index contributed by atoms with van der Waals surface area (Å²) in [6.45, 7) is 6.92. The van der Waals surface area contributed by atoms with E-state index in [1.54, 1.807) is 0 Å². The van der Waals surface area contributed by atoms with Crippen LogP contribution in [0.2, 0.25) is 0 Å². The molecule has 0 saturated carbocycles. The van der Waals surface area contributed by atoms with E-state index in [9.17, 15) is 9.59 Å². The zero-order valence-corrected chi connectivity index (χ0v) is 14.6. The summed E-state index contributed by atoms with van der Waals surface area (Å²) < 4.78 is 0. The average Bonchev–Trinajstić information content (AvgIpc) is 2.62. The predicted octanol–water partition coefficient (Wildman–Crippen LogP) is 5.47. The first-order chi connectivity index (χ1) is 11.6. The van der Waals surface area contributed by atoms with E-state index in [0.29, 0.717) is 0 Å². The van der Waals surface area contributed by atoms with Crippen molar-refractivity contribution < 1.29 is 9.59 Å². The number of carbonyl (C=O) groups is 2. The van der Waals surface area contributed by atoms with Crippen molar-refractivity contribution in [1.82, 2.24) is 0 Å². The summed E-state index contributed by atoms with van der Waals surface area (Å²) in [7, 11) is 0. The van der Waals surface area contributed by atoms with E-state index in [1.165, 1.54) is 12.2 Å². The molecule has 0 aliphatic rings. The number of hydrogen-bond acceptors (Lipinski definition) is 4. The highest BCUT2D eigenvalue weighted by molar-refractivity contribution is 8.14. The van der Waals surface area contributed by atoms with Crippen molar-refractivity contribution in [3.8, 4) is 0 Å². The maximum absolute atomic E-state index is 11.3. The Balaban J connectivity index is 1.99. The maximum atomic E-state index is 11.3. The Morgan fingerprint density at radius 3 is 1.29 bits per heavy atom. The molecular formula is C20H16O2S2. The number of thioether (sulfide) groups is 2. The minimum absolute atomic E-state index is 0.0637. The molecule has 2 aromatic rings. The lowest BCUT2D eigenvalue weighted by Gasteiger charge is -2.00. The quantitative estimate of drug-likeness (QED) is 0.392. The fraction of sp³-hybridized carbons (Fsp3) is 0. The lowest BCUT2D eigenvalue weighted by atomic mass is 10.1. The third-order valence-electron chi connectivity index (χ3n) is 3.00. The molecule has 0 spiro atoms. The highest BCUT2D eigenvalue weighted by Crippen LogP contribution is 2.22. The van der Waals surface area contributed by atoms with Gasteiger partial charge in [0.1, 0.15) is 0 Å². The maximum Gasteiger partial charge on any atom is 0.216 e. The zero-order valence-electron chi connectivity index (χ0n) is 13.0. The molecule has 2 aromatic carbocycles. The van der Waals surface area contributed by atoms with Gasteiger partial charge in [-0.3, -0.25) is 9.59 Å². The van der Waals surface area contributed by atoms with Crippen LogP contribution < -0.4 is 0 Å². The topological polar surface area (TPSA) is 34.1 Å². The van der Waals surface area contributed by atoms with E-state index in [1.807, 2.05) is 60.7 Å². The Labute approximate surface area is 150 Å². The van der Waals surface area contributed by atoms with E-state index < -0.39 is 0 Å². The molecule has 4 heteroatoms. The summed E-state index contributed by atoms with van der Waals surface area (Å²) in [6.07, 6.45) is 6.62. The Morgan fingerprint density at radius 1 is 0.667 bits per heavy atom. The lowest BCUT2D eigenvalue weighted by Crippen LogP contribution is -1.83. The van der Waals surface area contributed by atoms with E-state index >= 15 is 0 Å². The molecule has 0 radical (unpaired) electrons. The zero-order chi connectivity index (χ0) is 17.4. The van der Waals surface area contributed by atoms with Crippen LogP contribution in [0.3, 0.4) is 0 Å². The molecule has 0 fully saturated rings. The van der Waals surface area contributed by atoms with Gasteiger partial charge in [0.25, 0.3) is 0 Å². The van der Waals surface area contributed by atoms with Crippen LogP contribution in [0.4, 0.5) is 0 Å². The third-order valence-corrected chi connectivity index (χ3v) is 4.75. The molecule has 0 aliphatic carbocycles. The number of benzene rings is 2. The minimum atomic E-state index is -0.0637. The average molecular weight is 352 g/mol. The van der Waals surface area contributed by atoms with Crippen LogP contribution in [-0.4, -0.2) is 10.2 Å². The number of hydrogen-bond donors (Lipinski definition) is 0. The van der Waals surface area contributed by atoms with Gasteiger partial charge in [-0.2, -0.15) is 0 Å². The monoisotopic (exact) mass is 352 g/mol. The van der Waals surface area contributed by atoms with Gasteiger partial charge in [-0.1, -0.05) is 49.6 Å². The van der Waals surface area contributed by atoms with Crippen molar-refractivity contribution in [2.75, 3.05) is 0 Å². The van der Waals surface area contributed by atoms with Gasteiger partial charge in [-0.15, -0.1) is 0 Å². The molecule has 120 valence electrons. The van der Waals surface area contributed by atoms with Gasteiger partial charge in [0, 0.05) is 9.79 Å². The van der Waals surface area contributed by atoms with Crippen molar-refractivity contribution in [3.63, 3.8) is 0 Å². The van der Waals surface area contributed by atoms with Crippen molar-refractivity contribution in [3.05, 3.63) is 85.0 Å². The molecule has 0 bridgehead atoms. The lowest BCUT2D eigenvalue weighted by molar-refractivity contribution is -0.107. The second kappa shape index (κ2) is 9.11. The molecule has 0 amide bonds. The molecule has 0 saturated heterocycles. The van der Waals surface area contributed by atoms with E-state index in [-0.39, 0.29) is 10.2 Å². The Bertz CT molecular complexity index is 705. The van der Waals surface area contributed by atoms with Crippen molar-refractivity contribution in [1.29, 1.82) is 0 Å². The standard InChI is InChI=1S/C20H16O2S2/c1-3-19(21)23-17-11-7-15(8-12-17)5-6-16-9-13-18(14-10-16)24-20(22)4-2/h3-14H,1-2H2. The summed E-state index contributed by atoms with van der Waals surface area (Å²) in [5.74, 6) is 0. The number of rotatable bonds is 6. The van der Waals surface area contributed by atoms with Gasteiger partial charge in [0.15, 0.2) is 0 Å². The van der Waals surface area contributed by atoms with Crippen molar-refractivity contribution in [2.45, 2.75) is 9.79 Å². The van der Waals surface area contributed by atoms with Crippen LogP contribution in [0, 0.1) is 0 Å². The minimum Gasteiger partial charge on any atom is -0.282 e. The van der Waals surface area contributed by atoms with Gasteiger partial charge < -0.3 is 0 Å². The Hall–Kier alpha value is -2.30. The highest BCUT2D eigenvalue weighted by atomic mass is 32.2. The fourth-order valence-electron chi connectivity index (χ4n) is 1.80. The largest absolute Gasteiger partial charge is 0.282 e. The van der Waals surface area contributed by atoms with Gasteiger partial charge >= 0.3 is 0 Å². The highest BCUT2D eigenvalue weighted by Gasteiger charge is 2.00. The van der Waals surface area contributed by atoms with E-state index in [0.717, 1.165) is 44.4 Å². The van der Waals surface area contributed by atoms with Crippen LogP contribution >= 0.6 is 23.5 Å². The Kier molecular flexibility index (Phi) is 6.85. The first-order valence-electron chi connectivity index (χ1n) is 7.17. The predicted molar refractivity (Wildman–Crippen MR) is 104 cm³/mol. The molecule has 0 aliphatic heterocycles. The van der Waals surface area contributed by atoms with Crippen LogP contribution in [0.15, 0.2) is 83.6 Å². The van der Waals surface area contributed by atoms with Gasteiger partial charge in [-0.25, -0.2) is 0 Å². The smallest absolute Gasteiger partial charge is 0.216 e. The fourth-order valence-corrected chi connectivity index (χ4v) is 2.98. The van der Waals surface area contributed by atoms with Gasteiger partial charge in [-0.05, 0) is 71.1 Å². The van der Waals surface area contributed by atoms with E-state index in [2.05, 4.69) is 13.2 Å². The molecular weight excluding hydrogens is 336 g/mol. The summed E-state index contributed by atoms with van der Waals surface area (Å²) >= 11 is 2.31. The summed E-state index contributed by atoms with van der Waals surface area (Å²) in [4.78, 5) is 24.4. The van der Waals surface area contributed by atoms with Crippen LogP contribution in [0.5, 0.6) is 0 Å². The van der Waals surface area contributed by atoms with Crippen LogP contribution in [-0.2, 0) is 9.59 Å². The first-order valence-corrected chi connectivity index (χ1v) is 8.81. The second-order valence-corrected chi connectivity index (χ2v) is 6.88. The van der Waals surface area contributed by atoms with E-state index in [4.69, 9.17) is 0 Å². The van der Waals surface area contributed by atoms with Gasteiger partial charge in [0.05, 0.1) is 0 Å². The summed E-state index contributed by atoms with van der Waals surface area (Å²) in [5.41, 5.74) is 2.09. The molecule has 2 nitrogen and oxygen atoms in total. The molecule has 0 N–H and O–H groups in total. The first kappa shape index (κ1) is 18.0.